The van der Waals surface area contributed by atoms with Gasteiger partial charge in [-0.3, -0.25) is 4.79 Å². The number of allylic oxidation sites excluding steroid dienone is 7. The summed E-state index contributed by atoms with van der Waals surface area (Å²) in [6, 6.07) is 48.8. The van der Waals surface area contributed by atoms with Crippen LogP contribution in [0.4, 0.5) is 5.69 Å². The molecule has 55 heavy (non-hydrogen) atoms. The summed E-state index contributed by atoms with van der Waals surface area (Å²) in [7, 11) is 0. The van der Waals surface area contributed by atoms with Crippen LogP contribution in [0.3, 0.4) is 0 Å². The molecule has 1 heterocycles. The minimum Gasteiger partial charge on any atom is -0.481 e. The second kappa shape index (κ2) is 15.5. The van der Waals surface area contributed by atoms with E-state index in [9.17, 15) is 15.2 Å². The fourth-order valence-corrected chi connectivity index (χ4v) is 8.68. The monoisotopic (exact) mass is 718 g/mol. The predicted molar refractivity (Wildman–Crippen MR) is 227 cm³/mol. The molecule has 7 rings (SSSR count). The number of hydrogen-bond acceptors (Lipinski definition) is 3. The van der Waals surface area contributed by atoms with Gasteiger partial charge in [-0.2, -0.15) is 5.26 Å². The van der Waals surface area contributed by atoms with E-state index in [0.29, 0.717) is 18.5 Å². The van der Waals surface area contributed by atoms with E-state index >= 15 is 0 Å². The predicted octanol–water partition coefficient (Wildman–Crippen LogP) is 11.7. The lowest BCUT2D eigenvalue weighted by atomic mass is 9.69. The SMILES string of the molecule is C=C(/C=C/C(C#N)=C/C=C1/N(CCC(=O)O)c2ccc3ccccc3c2C1(C)Cc1ccccc1)C(C)(Cc1ccccc1)c1c(C)ccc2ccccc12. The van der Waals surface area contributed by atoms with Crippen molar-refractivity contribution in [3.05, 3.63) is 209 Å². The van der Waals surface area contributed by atoms with Crippen molar-refractivity contribution in [2.24, 2.45) is 0 Å². The van der Waals surface area contributed by atoms with Crippen molar-refractivity contribution in [1.29, 1.82) is 5.26 Å². The molecule has 1 N–H and O–H groups in total. The maximum atomic E-state index is 12.0. The number of nitriles is 1. The van der Waals surface area contributed by atoms with Crippen molar-refractivity contribution in [2.75, 3.05) is 11.4 Å². The first kappa shape index (κ1) is 36.9. The molecule has 0 spiro atoms. The van der Waals surface area contributed by atoms with Gasteiger partial charge >= 0.3 is 5.97 Å². The zero-order chi connectivity index (χ0) is 38.6. The summed E-state index contributed by atoms with van der Waals surface area (Å²) in [5.74, 6) is -0.854. The van der Waals surface area contributed by atoms with Crippen LogP contribution in [-0.2, 0) is 28.5 Å². The van der Waals surface area contributed by atoms with Crippen LogP contribution in [0.15, 0.2) is 181 Å². The van der Waals surface area contributed by atoms with Gasteiger partial charge in [-0.05, 0) is 106 Å². The van der Waals surface area contributed by atoms with E-state index in [2.05, 4.69) is 154 Å². The van der Waals surface area contributed by atoms with Crippen LogP contribution in [0.1, 0.15) is 48.1 Å². The summed E-state index contributed by atoms with van der Waals surface area (Å²) in [5, 5.41) is 25.0. The highest BCUT2D eigenvalue weighted by atomic mass is 16.4. The first-order chi connectivity index (χ1) is 26.6. The second-order valence-electron chi connectivity index (χ2n) is 15.1. The quantitative estimate of drug-likeness (QED) is 0.101. The maximum absolute atomic E-state index is 12.0. The van der Waals surface area contributed by atoms with E-state index in [-0.39, 0.29) is 6.42 Å². The molecule has 0 bridgehead atoms. The average molecular weight is 719 g/mol. The zero-order valence-corrected chi connectivity index (χ0v) is 31.8. The van der Waals surface area contributed by atoms with Gasteiger partial charge in [0.15, 0.2) is 0 Å². The largest absolute Gasteiger partial charge is 0.481 e. The summed E-state index contributed by atoms with van der Waals surface area (Å²) in [6.45, 7) is 11.6. The molecule has 6 aromatic rings. The number of fused-ring (bicyclic) bond motifs is 4. The fourth-order valence-electron chi connectivity index (χ4n) is 8.68. The van der Waals surface area contributed by atoms with E-state index in [1.54, 1.807) is 0 Å². The Balaban J connectivity index is 1.33. The Morgan fingerprint density at radius 2 is 1.42 bits per heavy atom. The van der Waals surface area contributed by atoms with Gasteiger partial charge in [0.05, 0.1) is 18.1 Å². The molecule has 1 aliphatic heterocycles. The number of hydrogen-bond donors (Lipinski definition) is 1. The third kappa shape index (κ3) is 7.27. The first-order valence-corrected chi connectivity index (χ1v) is 18.9. The Morgan fingerprint density at radius 1 is 0.818 bits per heavy atom. The number of anilines is 1. The number of benzene rings is 6. The molecule has 0 aromatic heterocycles. The van der Waals surface area contributed by atoms with Crippen LogP contribution in [-0.4, -0.2) is 17.6 Å². The summed E-state index contributed by atoms with van der Waals surface area (Å²) in [4.78, 5) is 14.1. The number of aryl methyl sites for hydroxylation is 1. The second-order valence-corrected chi connectivity index (χ2v) is 15.1. The molecule has 0 radical (unpaired) electrons. The van der Waals surface area contributed by atoms with Crippen molar-refractivity contribution in [2.45, 2.75) is 50.9 Å². The highest BCUT2D eigenvalue weighted by Crippen LogP contribution is 2.52. The molecular formula is C51H46N2O2. The van der Waals surface area contributed by atoms with Crippen molar-refractivity contribution >= 4 is 33.2 Å². The number of nitrogens with zero attached hydrogens (tertiary/aromatic N) is 2. The Hall–Kier alpha value is -6.44. The molecule has 2 atom stereocenters. The van der Waals surface area contributed by atoms with Gasteiger partial charge in [0.25, 0.3) is 0 Å². The smallest absolute Gasteiger partial charge is 0.305 e. The standard InChI is InChI=1S/C51H46N2O2/c1-36-23-27-41-19-11-13-21-43(41)48(36)50(3,33-38-15-7-5-8-16-38)37(2)24-25-40(35-52)26-30-46-51(4,34-39-17-9-6-10-18-39)49-44-22-14-12-20-42(44)28-29-45(49)53(46)32-31-47(54)55/h5-30H,2,31-34H2,1,3-4H3,(H,54,55)/b25-24+,40-26-,46-30+. The molecule has 0 aliphatic carbocycles. The Labute approximate surface area is 324 Å². The van der Waals surface area contributed by atoms with Crippen molar-refractivity contribution in [3.8, 4) is 6.07 Å². The highest BCUT2D eigenvalue weighted by molar-refractivity contribution is 5.95. The van der Waals surface area contributed by atoms with E-state index in [0.717, 1.165) is 34.2 Å². The molecule has 0 fully saturated rings. The number of rotatable bonds is 12. The van der Waals surface area contributed by atoms with E-state index in [1.807, 2.05) is 42.5 Å². The van der Waals surface area contributed by atoms with Crippen molar-refractivity contribution in [3.63, 3.8) is 0 Å². The Bertz CT molecular complexity index is 2540. The van der Waals surface area contributed by atoms with Crippen LogP contribution >= 0.6 is 0 Å². The summed E-state index contributed by atoms with van der Waals surface area (Å²) in [5.41, 5.74) is 8.34. The Kier molecular flexibility index (Phi) is 10.4. The van der Waals surface area contributed by atoms with Crippen LogP contribution in [0.25, 0.3) is 21.5 Å². The average Bonchev–Trinajstić information content (AvgIpc) is 3.43. The van der Waals surface area contributed by atoms with Gasteiger partial charge in [0.1, 0.15) is 0 Å². The number of carboxylic acid groups (broad SMARTS) is 1. The van der Waals surface area contributed by atoms with Crippen molar-refractivity contribution < 1.29 is 9.90 Å². The van der Waals surface area contributed by atoms with Gasteiger partial charge in [-0.15, -0.1) is 0 Å². The lowest BCUT2D eigenvalue weighted by molar-refractivity contribution is -0.136. The van der Waals surface area contributed by atoms with Gasteiger partial charge < -0.3 is 10.0 Å². The van der Waals surface area contributed by atoms with Crippen LogP contribution < -0.4 is 4.90 Å². The summed E-state index contributed by atoms with van der Waals surface area (Å²) < 4.78 is 0. The van der Waals surface area contributed by atoms with Crippen LogP contribution in [0.2, 0.25) is 0 Å². The molecule has 1 aliphatic rings. The fraction of sp³-hybridized carbons (Fsp3) is 0.176. The molecule has 0 saturated heterocycles. The third-order valence-electron chi connectivity index (χ3n) is 11.4. The molecule has 4 heteroatoms. The van der Waals surface area contributed by atoms with E-state index in [4.69, 9.17) is 0 Å². The minimum absolute atomic E-state index is 0.0207. The highest BCUT2D eigenvalue weighted by Gasteiger charge is 2.44. The number of carbonyl (C=O) groups is 1. The maximum Gasteiger partial charge on any atom is 0.305 e. The van der Waals surface area contributed by atoms with Crippen LogP contribution in [0.5, 0.6) is 0 Å². The third-order valence-corrected chi connectivity index (χ3v) is 11.4. The number of carboxylic acids is 1. The first-order valence-electron chi connectivity index (χ1n) is 18.9. The summed E-state index contributed by atoms with van der Waals surface area (Å²) >= 11 is 0. The zero-order valence-electron chi connectivity index (χ0n) is 31.8. The van der Waals surface area contributed by atoms with Crippen molar-refractivity contribution in [1.82, 2.24) is 0 Å². The van der Waals surface area contributed by atoms with E-state index in [1.165, 1.54) is 38.6 Å². The molecular weight excluding hydrogens is 673 g/mol. The molecule has 4 nitrogen and oxygen atoms in total. The molecule has 2 unspecified atom stereocenters. The van der Waals surface area contributed by atoms with Gasteiger partial charge in [-0.1, -0.05) is 147 Å². The molecule has 6 aromatic carbocycles. The lowest BCUT2D eigenvalue weighted by Gasteiger charge is -2.34. The summed E-state index contributed by atoms with van der Waals surface area (Å²) in [6.07, 6.45) is 9.20. The molecule has 0 amide bonds. The minimum atomic E-state index is -0.854. The van der Waals surface area contributed by atoms with Gasteiger partial charge in [-0.25, -0.2) is 0 Å². The molecule has 272 valence electrons. The van der Waals surface area contributed by atoms with Gasteiger partial charge in [0.2, 0.25) is 0 Å². The Morgan fingerprint density at radius 3 is 2.09 bits per heavy atom. The number of aliphatic carboxylic acids is 1. The van der Waals surface area contributed by atoms with Crippen LogP contribution in [0, 0.1) is 18.3 Å². The lowest BCUT2D eigenvalue weighted by Crippen LogP contribution is -2.32. The normalized spacial score (nSPS) is 17.4. The van der Waals surface area contributed by atoms with E-state index < -0.39 is 16.8 Å². The topological polar surface area (TPSA) is 64.3 Å². The van der Waals surface area contributed by atoms with Gasteiger partial charge in [0, 0.05) is 28.8 Å². The molecule has 0 saturated carbocycles.